The average Bonchev–Trinajstić information content (AvgIpc) is 2.77. The Kier molecular flexibility index (Phi) is 3.15. The largest absolute Gasteiger partial charge is 0.479 e. The fourth-order valence-electron chi connectivity index (χ4n) is 1.91. The van der Waals surface area contributed by atoms with E-state index in [2.05, 4.69) is 24.9 Å². The molecule has 0 bridgehead atoms. The Balaban J connectivity index is 2.10. The molecule has 0 amide bonds. The number of aromatic nitrogens is 6. The molecular formula is C12H12N6OS. The molecule has 0 saturated heterocycles. The van der Waals surface area contributed by atoms with E-state index in [-0.39, 0.29) is 0 Å². The average molecular weight is 288 g/mol. The maximum absolute atomic E-state index is 5.32. The Labute approximate surface area is 119 Å². The Bertz CT molecular complexity index is 807. The maximum Gasteiger partial charge on any atom is 0.242 e. The van der Waals surface area contributed by atoms with Crippen LogP contribution in [0.25, 0.3) is 11.2 Å². The number of ether oxygens (including phenoxy) is 1. The van der Waals surface area contributed by atoms with Crippen LogP contribution in [0.15, 0.2) is 18.7 Å². The van der Waals surface area contributed by atoms with Gasteiger partial charge < -0.3 is 9.72 Å². The molecule has 0 radical (unpaired) electrons. The molecule has 0 aromatic carbocycles. The first-order valence-electron chi connectivity index (χ1n) is 5.94. The molecule has 0 saturated carbocycles. The first-order chi connectivity index (χ1) is 9.69. The molecule has 0 aliphatic rings. The summed E-state index contributed by atoms with van der Waals surface area (Å²) in [7, 11) is 1.56. The summed E-state index contributed by atoms with van der Waals surface area (Å²) in [4.78, 5) is 19.9. The maximum atomic E-state index is 5.32. The molecule has 0 spiro atoms. The Hall–Kier alpha value is -2.35. The topological polar surface area (TPSA) is 81.5 Å². The van der Waals surface area contributed by atoms with Gasteiger partial charge in [0.25, 0.3) is 0 Å². The Morgan fingerprint density at radius 1 is 1.25 bits per heavy atom. The van der Waals surface area contributed by atoms with E-state index in [1.54, 1.807) is 19.5 Å². The molecule has 3 aromatic heterocycles. The van der Waals surface area contributed by atoms with E-state index in [1.807, 2.05) is 11.5 Å². The fourth-order valence-corrected chi connectivity index (χ4v) is 2.16. The van der Waals surface area contributed by atoms with Gasteiger partial charge in [-0.05, 0) is 19.1 Å². The van der Waals surface area contributed by atoms with Crippen molar-refractivity contribution in [2.24, 2.45) is 0 Å². The molecule has 0 aliphatic carbocycles. The minimum absolute atomic E-state index is 0.467. The van der Waals surface area contributed by atoms with Crippen LogP contribution in [0.5, 0.6) is 5.88 Å². The van der Waals surface area contributed by atoms with Gasteiger partial charge in [-0.1, -0.05) is 0 Å². The van der Waals surface area contributed by atoms with Gasteiger partial charge in [-0.3, -0.25) is 14.5 Å². The number of methoxy groups -OCH3 is 1. The van der Waals surface area contributed by atoms with Crippen LogP contribution in [0.1, 0.15) is 11.4 Å². The SMILES string of the molecule is COc1ncnc2c1[nH]c(=S)n2Cc1cnc(C)cn1. The Morgan fingerprint density at radius 3 is 2.80 bits per heavy atom. The van der Waals surface area contributed by atoms with Gasteiger partial charge in [0.15, 0.2) is 10.4 Å². The summed E-state index contributed by atoms with van der Waals surface area (Å²) in [6.45, 7) is 2.39. The third-order valence-electron chi connectivity index (χ3n) is 2.87. The minimum atomic E-state index is 0.467. The molecule has 0 unspecified atom stereocenters. The van der Waals surface area contributed by atoms with Crippen molar-refractivity contribution in [3.05, 3.63) is 34.9 Å². The van der Waals surface area contributed by atoms with E-state index in [4.69, 9.17) is 17.0 Å². The first kappa shape index (κ1) is 12.7. The van der Waals surface area contributed by atoms with E-state index in [0.29, 0.717) is 28.4 Å². The number of nitrogens with zero attached hydrogens (tertiary/aromatic N) is 5. The second kappa shape index (κ2) is 4.97. The van der Waals surface area contributed by atoms with Crippen molar-refractivity contribution in [2.45, 2.75) is 13.5 Å². The highest BCUT2D eigenvalue weighted by Crippen LogP contribution is 2.20. The number of hydrogen-bond acceptors (Lipinski definition) is 6. The number of rotatable bonds is 3. The summed E-state index contributed by atoms with van der Waals surface area (Å²) in [6.07, 6.45) is 4.90. The standard InChI is InChI=1S/C12H12N6OS/c1-7-3-14-8(4-13-7)5-18-10-9(17-12(18)20)11(19-2)16-6-15-10/h3-4,6H,5H2,1-2H3,(H,17,20). The van der Waals surface area contributed by atoms with E-state index < -0.39 is 0 Å². The van der Waals surface area contributed by atoms with Crippen LogP contribution in [-0.2, 0) is 6.54 Å². The normalized spacial score (nSPS) is 10.9. The highest BCUT2D eigenvalue weighted by atomic mass is 32.1. The van der Waals surface area contributed by atoms with Crippen LogP contribution in [-0.4, -0.2) is 36.6 Å². The number of imidazole rings is 1. The molecule has 0 aliphatic heterocycles. The van der Waals surface area contributed by atoms with Crippen molar-refractivity contribution in [1.82, 2.24) is 29.5 Å². The molecule has 8 heteroatoms. The summed E-state index contributed by atoms with van der Waals surface area (Å²) in [5.74, 6) is 0.467. The lowest BCUT2D eigenvalue weighted by Gasteiger charge is -2.04. The lowest BCUT2D eigenvalue weighted by Crippen LogP contribution is -2.04. The van der Waals surface area contributed by atoms with Crippen molar-refractivity contribution in [3.63, 3.8) is 0 Å². The van der Waals surface area contributed by atoms with Gasteiger partial charge in [-0.2, -0.15) is 4.98 Å². The highest BCUT2D eigenvalue weighted by Gasteiger charge is 2.12. The highest BCUT2D eigenvalue weighted by molar-refractivity contribution is 7.71. The first-order valence-corrected chi connectivity index (χ1v) is 6.35. The summed E-state index contributed by atoms with van der Waals surface area (Å²) >= 11 is 5.32. The molecular weight excluding hydrogens is 276 g/mol. The molecule has 3 rings (SSSR count). The number of fused-ring (bicyclic) bond motifs is 1. The molecule has 0 fully saturated rings. The van der Waals surface area contributed by atoms with Crippen LogP contribution in [0.2, 0.25) is 0 Å². The van der Waals surface area contributed by atoms with Crippen LogP contribution in [0, 0.1) is 11.7 Å². The third-order valence-corrected chi connectivity index (χ3v) is 3.20. The van der Waals surface area contributed by atoms with Crippen LogP contribution >= 0.6 is 12.2 Å². The van der Waals surface area contributed by atoms with Gasteiger partial charge in [0.1, 0.15) is 11.8 Å². The second-order valence-electron chi connectivity index (χ2n) is 4.25. The van der Waals surface area contributed by atoms with Gasteiger partial charge in [-0.15, -0.1) is 0 Å². The van der Waals surface area contributed by atoms with Crippen LogP contribution in [0.4, 0.5) is 0 Å². The molecule has 3 aromatic rings. The number of aryl methyl sites for hydroxylation is 1. The van der Waals surface area contributed by atoms with Gasteiger partial charge in [-0.25, -0.2) is 4.98 Å². The fraction of sp³-hybridized carbons (Fsp3) is 0.250. The van der Waals surface area contributed by atoms with E-state index in [1.165, 1.54) is 6.33 Å². The van der Waals surface area contributed by atoms with Crippen molar-refractivity contribution < 1.29 is 4.74 Å². The van der Waals surface area contributed by atoms with Crippen LogP contribution in [0.3, 0.4) is 0 Å². The van der Waals surface area contributed by atoms with Gasteiger partial charge in [0.05, 0.1) is 31.2 Å². The molecule has 0 atom stereocenters. The summed E-state index contributed by atoms with van der Waals surface area (Å²) < 4.78 is 7.58. The predicted molar refractivity (Wildman–Crippen MR) is 75.1 cm³/mol. The number of nitrogens with one attached hydrogen (secondary N) is 1. The molecule has 3 heterocycles. The van der Waals surface area contributed by atoms with Gasteiger partial charge in [0.2, 0.25) is 5.88 Å². The second-order valence-corrected chi connectivity index (χ2v) is 4.63. The number of aromatic amines is 1. The number of H-pyrrole nitrogens is 1. The van der Waals surface area contributed by atoms with Gasteiger partial charge >= 0.3 is 0 Å². The molecule has 1 N–H and O–H groups in total. The minimum Gasteiger partial charge on any atom is -0.479 e. The zero-order chi connectivity index (χ0) is 14.1. The predicted octanol–water partition coefficient (Wildman–Crippen LogP) is 1.64. The lowest BCUT2D eigenvalue weighted by molar-refractivity contribution is 0.401. The van der Waals surface area contributed by atoms with E-state index >= 15 is 0 Å². The van der Waals surface area contributed by atoms with Crippen molar-refractivity contribution >= 4 is 23.4 Å². The zero-order valence-electron chi connectivity index (χ0n) is 11.0. The van der Waals surface area contributed by atoms with E-state index in [0.717, 1.165) is 11.4 Å². The lowest BCUT2D eigenvalue weighted by atomic mass is 10.4. The van der Waals surface area contributed by atoms with Crippen molar-refractivity contribution in [1.29, 1.82) is 0 Å². The third kappa shape index (κ3) is 2.14. The molecule has 102 valence electrons. The Morgan fingerprint density at radius 2 is 2.10 bits per heavy atom. The van der Waals surface area contributed by atoms with Crippen LogP contribution < -0.4 is 4.74 Å². The summed E-state index contributed by atoms with van der Waals surface area (Å²) in [5.41, 5.74) is 3.05. The quantitative estimate of drug-likeness (QED) is 0.738. The molecule has 20 heavy (non-hydrogen) atoms. The van der Waals surface area contributed by atoms with Crippen molar-refractivity contribution in [3.8, 4) is 5.88 Å². The number of hydrogen-bond donors (Lipinski definition) is 1. The smallest absolute Gasteiger partial charge is 0.242 e. The molecule has 7 nitrogen and oxygen atoms in total. The zero-order valence-corrected chi connectivity index (χ0v) is 11.8. The summed E-state index contributed by atoms with van der Waals surface area (Å²) in [6, 6.07) is 0. The van der Waals surface area contributed by atoms with Gasteiger partial charge in [0, 0.05) is 6.20 Å². The van der Waals surface area contributed by atoms with Crippen molar-refractivity contribution in [2.75, 3.05) is 7.11 Å². The monoisotopic (exact) mass is 288 g/mol. The summed E-state index contributed by atoms with van der Waals surface area (Å²) in [5, 5.41) is 0. The van der Waals surface area contributed by atoms with E-state index in [9.17, 15) is 0 Å².